The number of nitrogens with one attached hydrogen (secondary N) is 3. The fourth-order valence-electron chi connectivity index (χ4n) is 3.53. The van der Waals surface area contributed by atoms with Crippen molar-refractivity contribution in [3.63, 3.8) is 0 Å². The van der Waals surface area contributed by atoms with Gasteiger partial charge in [-0.1, -0.05) is 11.6 Å². The highest BCUT2D eigenvalue weighted by Crippen LogP contribution is 2.20. The maximum atomic E-state index is 12.9. The standard InChI is InChI=1S/C23H22ClN7O4/c24-17-4-7-20(31-13-26-29-30-31)16(10-17)3-8-21(32)28-19(9-14-11-25-12-14)22(33)27-18-5-1-15(2-6-18)23(34)35/h1-8,10,13-14,19,25H,9,11-12H2,(H,27,33)(H,28,32)(H,34,35)/b8-3+/t19-/m0/s1. The molecule has 4 rings (SSSR count). The quantitative estimate of drug-likeness (QED) is 0.328. The Kier molecular flexibility index (Phi) is 7.48. The van der Waals surface area contributed by atoms with Crippen LogP contribution in [0.5, 0.6) is 0 Å². The molecule has 1 saturated heterocycles. The maximum absolute atomic E-state index is 12.9. The maximum Gasteiger partial charge on any atom is 0.335 e. The summed E-state index contributed by atoms with van der Waals surface area (Å²) in [4.78, 5) is 36.7. The molecule has 4 N–H and O–H groups in total. The van der Waals surface area contributed by atoms with Gasteiger partial charge in [0.15, 0.2) is 0 Å². The van der Waals surface area contributed by atoms with E-state index in [4.69, 9.17) is 16.7 Å². The van der Waals surface area contributed by atoms with Gasteiger partial charge in [-0.15, -0.1) is 5.10 Å². The molecule has 2 heterocycles. The normalized spacial score (nSPS) is 14.3. The Morgan fingerprint density at radius 1 is 1.20 bits per heavy atom. The number of nitrogens with zero attached hydrogens (tertiary/aromatic N) is 4. The average Bonchev–Trinajstić information content (AvgIpc) is 3.34. The van der Waals surface area contributed by atoms with E-state index < -0.39 is 17.9 Å². The molecule has 0 saturated carbocycles. The van der Waals surface area contributed by atoms with Crippen LogP contribution in [0.2, 0.25) is 5.02 Å². The van der Waals surface area contributed by atoms with Gasteiger partial charge in [0.05, 0.1) is 11.3 Å². The predicted molar refractivity (Wildman–Crippen MR) is 128 cm³/mol. The van der Waals surface area contributed by atoms with Crippen molar-refractivity contribution in [1.29, 1.82) is 0 Å². The van der Waals surface area contributed by atoms with E-state index in [0.717, 1.165) is 13.1 Å². The smallest absolute Gasteiger partial charge is 0.335 e. The van der Waals surface area contributed by atoms with Crippen LogP contribution in [0, 0.1) is 5.92 Å². The van der Waals surface area contributed by atoms with Gasteiger partial charge < -0.3 is 21.1 Å². The van der Waals surface area contributed by atoms with Gasteiger partial charge >= 0.3 is 5.97 Å². The number of anilines is 1. The molecular weight excluding hydrogens is 474 g/mol. The molecule has 2 amide bonds. The number of carboxylic acid groups (broad SMARTS) is 1. The lowest BCUT2D eigenvalue weighted by Gasteiger charge is -2.30. The van der Waals surface area contributed by atoms with Crippen LogP contribution in [0.3, 0.4) is 0 Å². The van der Waals surface area contributed by atoms with E-state index in [2.05, 4.69) is 31.5 Å². The van der Waals surface area contributed by atoms with Crippen molar-refractivity contribution in [3.05, 3.63) is 71.0 Å². The fraction of sp³-hybridized carbons (Fsp3) is 0.217. The van der Waals surface area contributed by atoms with Crippen LogP contribution in [0.25, 0.3) is 11.8 Å². The Labute approximate surface area is 205 Å². The first-order valence-corrected chi connectivity index (χ1v) is 11.1. The molecule has 2 aromatic carbocycles. The van der Waals surface area contributed by atoms with Gasteiger partial charge in [0.2, 0.25) is 11.8 Å². The van der Waals surface area contributed by atoms with Gasteiger partial charge in [-0.05, 0) is 84.4 Å². The number of carboxylic acids is 1. The van der Waals surface area contributed by atoms with Gasteiger partial charge in [0.1, 0.15) is 12.4 Å². The number of hydrogen-bond donors (Lipinski definition) is 4. The molecule has 12 heteroatoms. The van der Waals surface area contributed by atoms with Gasteiger partial charge in [-0.2, -0.15) is 4.68 Å². The van der Waals surface area contributed by atoms with Crippen molar-refractivity contribution < 1.29 is 19.5 Å². The zero-order valence-electron chi connectivity index (χ0n) is 18.4. The number of aromatic carboxylic acids is 1. The Morgan fingerprint density at radius 3 is 2.60 bits per heavy atom. The van der Waals surface area contributed by atoms with E-state index in [1.807, 2.05) is 0 Å². The summed E-state index contributed by atoms with van der Waals surface area (Å²) >= 11 is 6.12. The number of hydrogen-bond acceptors (Lipinski definition) is 7. The summed E-state index contributed by atoms with van der Waals surface area (Å²) < 4.78 is 1.45. The second-order valence-electron chi connectivity index (χ2n) is 7.98. The largest absolute Gasteiger partial charge is 0.478 e. The molecule has 3 aromatic rings. The van der Waals surface area contributed by atoms with Crippen LogP contribution in [-0.2, 0) is 9.59 Å². The molecule has 1 fully saturated rings. The van der Waals surface area contributed by atoms with Gasteiger partial charge in [0.25, 0.3) is 0 Å². The molecule has 0 spiro atoms. The third kappa shape index (κ3) is 6.28. The van der Waals surface area contributed by atoms with Crippen molar-refractivity contribution in [2.45, 2.75) is 12.5 Å². The van der Waals surface area contributed by atoms with Crippen molar-refractivity contribution in [1.82, 2.24) is 30.8 Å². The summed E-state index contributed by atoms with van der Waals surface area (Å²) in [6.07, 6.45) is 4.78. The molecule has 0 unspecified atom stereocenters. The summed E-state index contributed by atoms with van der Waals surface area (Å²) in [7, 11) is 0. The second-order valence-corrected chi connectivity index (χ2v) is 8.42. The molecule has 1 atom stereocenters. The molecule has 0 radical (unpaired) electrons. The third-order valence-electron chi connectivity index (χ3n) is 5.47. The van der Waals surface area contributed by atoms with Crippen molar-refractivity contribution >= 4 is 41.1 Å². The number of carbonyl (C=O) groups is 3. The van der Waals surface area contributed by atoms with Crippen LogP contribution in [0.1, 0.15) is 22.3 Å². The Bertz CT molecular complexity index is 1240. The van der Waals surface area contributed by atoms with Crippen molar-refractivity contribution in [2.75, 3.05) is 18.4 Å². The summed E-state index contributed by atoms with van der Waals surface area (Å²) in [5.41, 5.74) is 1.79. The molecule has 0 bridgehead atoms. The number of rotatable bonds is 9. The minimum Gasteiger partial charge on any atom is -0.478 e. The zero-order valence-corrected chi connectivity index (χ0v) is 19.1. The summed E-state index contributed by atoms with van der Waals surface area (Å²) in [5, 5.41) is 29.3. The van der Waals surface area contributed by atoms with E-state index in [9.17, 15) is 14.4 Å². The van der Waals surface area contributed by atoms with Crippen molar-refractivity contribution in [2.24, 2.45) is 5.92 Å². The molecule has 35 heavy (non-hydrogen) atoms. The van der Waals surface area contributed by atoms with E-state index in [1.54, 1.807) is 24.3 Å². The summed E-state index contributed by atoms with van der Waals surface area (Å²) in [6.45, 7) is 1.53. The topological polar surface area (TPSA) is 151 Å². The third-order valence-corrected chi connectivity index (χ3v) is 5.70. The van der Waals surface area contributed by atoms with Gasteiger partial charge in [-0.3, -0.25) is 9.59 Å². The minimum absolute atomic E-state index is 0.112. The van der Waals surface area contributed by atoms with Gasteiger partial charge in [0, 0.05) is 22.3 Å². The monoisotopic (exact) mass is 495 g/mol. The lowest BCUT2D eigenvalue weighted by molar-refractivity contribution is -0.124. The predicted octanol–water partition coefficient (Wildman–Crippen LogP) is 1.76. The SMILES string of the molecule is O=C(/C=C/c1cc(Cl)ccc1-n1cnnn1)N[C@@H](CC1CNC1)C(=O)Nc1ccc(C(=O)O)cc1. The lowest BCUT2D eigenvalue weighted by atomic mass is 9.94. The Hall–Kier alpha value is -4.09. The summed E-state index contributed by atoms with van der Waals surface area (Å²) in [5.74, 6) is -1.65. The van der Waals surface area contributed by atoms with Gasteiger partial charge in [-0.25, -0.2) is 4.79 Å². The molecule has 1 aliphatic rings. The molecule has 0 aliphatic carbocycles. The lowest BCUT2D eigenvalue weighted by Crippen LogP contribution is -2.50. The Morgan fingerprint density at radius 2 is 1.97 bits per heavy atom. The molecular formula is C23H22ClN7O4. The van der Waals surface area contributed by atoms with Crippen LogP contribution >= 0.6 is 11.6 Å². The first-order chi connectivity index (χ1) is 16.9. The number of tetrazole rings is 1. The highest BCUT2D eigenvalue weighted by Gasteiger charge is 2.27. The van der Waals surface area contributed by atoms with E-state index in [1.165, 1.54) is 41.4 Å². The number of benzene rings is 2. The van der Waals surface area contributed by atoms with Crippen LogP contribution in [0.4, 0.5) is 5.69 Å². The highest BCUT2D eigenvalue weighted by atomic mass is 35.5. The first kappa shape index (κ1) is 24.0. The molecule has 180 valence electrons. The average molecular weight is 496 g/mol. The number of amides is 2. The van der Waals surface area contributed by atoms with E-state index in [-0.39, 0.29) is 17.4 Å². The number of carbonyl (C=O) groups excluding carboxylic acids is 2. The molecule has 1 aliphatic heterocycles. The zero-order chi connectivity index (χ0) is 24.8. The van der Waals surface area contributed by atoms with Crippen LogP contribution in [0.15, 0.2) is 54.9 Å². The highest BCUT2D eigenvalue weighted by molar-refractivity contribution is 6.30. The van der Waals surface area contributed by atoms with E-state index in [0.29, 0.717) is 28.4 Å². The van der Waals surface area contributed by atoms with Crippen LogP contribution < -0.4 is 16.0 Å². The second kappa shape index (κ2) is 10.9. The van der Waals surface area contributed by atoms with E-state index >= 15 is 0 Å². The Balaban J connectivity index is 1.46. The fourth-order valence-corrected chi connectivity index (χ4v) is 3.71. The summed E-state index contributed by atoms with van der Waals surface area (Å²) in [6, 6.07) is 10.1. The number of aromatic nitrogens is 4. The van der Waals surface area contributed by atoms with Crippen molar-refractivity contribution in [3.8, 4) is 5.69 Å². The number of halogens is 1. The molecule has 1 aromatic heterocycles. The molecule has 11 nitrogen and oxygen atoms in total. The van der Waals surface area contributed by atoms with Crippen LogP contribution in [-0.4, -0.2) is 62.2 Å². The first-order valence-electron chi connectivity index (χ1n) is 10.8. The minimum atomic E-state index is -1.06.